The maximum atomic E-state index is 12.6. The maximum Gasteiger partial charge on any atom is 0.339 e. The summed E-state index contributed by atoms with van der Waals surface area (Å²) in [5.74, 6) is -0.659. The van der Waals surface area contributed by atoms with Crippen LogP contribution in [0.2, 0.25) is 0 Å². The highest BCUT2D eigenvalue weighted by atomic mass is 16.5. The van der Waals surface area contributed by atoms with E-state index in [9.17, 15) is 14.4 Å². The third-order valence-corrected chi connectivity index (χ3v) is 4.51. The number of methoxy groups -OCH3 is 1. The van der Waals surface area contributed by atoms with Crippen LogP contribution < -0.4 is 10.9 Å². The molecule has 1 atom stereocenters. The molecule has 0 saturated heterocycles. The van der Waals surface area contributed by atoms with Crippen molar-refractivity contribution in [1.29, 1.82) is 5.26 Å². The van der Waals surface area contributed by atoms with Crippen molar-refractivity contribution in [2.75, 3.05) is 7.11 Å². The Bertz CT molecular complexity index is 955. The van der Waals surface area contributed by atoms with Gasteiger partial charge in [0.1, 0.15) is 18.2 Å². The van der Waals surface area contributed by atoms with Crippen LogP contribution in [-0.4, -0.2) is 23.6 Å². The average Bonchev–Trinajstić information content (AvgIpc) is 3.52. The zero-order chi connectivity index (χ0) is 19.4. The molecule has 1 N–H and O–H groups in total. The first-order valence-corrected chi connectivity index (χ1v) is 8.60. The quantitative estimate of drug-likeness (QED) is 0.786. The van der Waals surface area contributed by atoms with Crippen molar-refractivity contribution in [2.24, 2.45) is 5.92 Å². The van der Waals surface area contributed by atoms with Gasteiger partial charge < -0.3 is 14.6 Å². The Balaban J connectivity index is 1.82. The fraction of sp³-hybridized carbons (Fsp3) is 0.300. The number of nitriles is 1. The van der Waals surface area contributed by atoms with Gasteiger partial charge in [-0.2, -0.15) is 5.26 Å². The van der Waals surface area contributed by atoms with Crippen LogP contribution in [-0.2, 0) is 16.1 Å². The number of ether oxygens (including phenoxy) is 1. The lowest BCUT2D eigenvalue weighted by Gasteiger charge is -2.19. The molecule has 3 rings (SSSR count). The Morgan fingerprint density at radius 3 is 2.63 bits per heavy atom. The first-order valence-electron chi connectivity index (χ1n) is 8.60. The first-order chi connectivity index (χ1) is 13.0. The van der Waals surface area contributed by atoms with E-state index in [2.05, 4.69) is 10.1 Å². The third-order valence-electron chi connectivity index (χ3n) is 4.51. The smallest absolute Gasteiger partial charge is 0.339 e. The fourth-order valence-corrected chi connectivity index (χ4v) is 3.00. The number of hydrogen-bond acceptors (Lipinski definition) is 5. The Morgan fingerprint density at radius 1 is 1.33 bits per heavy atom. The summed E-state index contributed by atoms with van der Waals surface area (Å²) in [6.07, 6.45) is 3.32. The molecule has 1 aromatic carbocycles. The van der Waals surface area contributed by atoms with Crippen LogP contribution in [0.4, 0.5) is 0 Å². The minimum atomic E-state index is -0.680. The van der Waals surface area contributed by atoms with Crippen molar-refractivity contribution in [3.8, 4) is 6.07 Å². The lowest BCUT2D eigenvalue weighted by Crippen LogP contribution is -2.36. The van der Waals surface area contributed by atoms with Gasteiger partial charge in [-0.05, 0) is 30.4 Å². The van der Waals surface area contributed by atoms with Gasteiger partial charge in [0.15, 0.2) is 0 Å². The molecule has 1 heterocycles. The van der Waals surface area contributed by atoms with E-state index in [1.54, 1.807) is 6.07 Å². The number of rotatable bonds is 6. The Morgan fingerprint density at radius 2 is 2.04 bits per heavy atom. The summed E-state index contributed by atoms with van der Waals surface area (Å²) >= 11 is 0. The summed E-state index contributed by atoms with van der Waals surface area (Å²) in [6, 6.07) is 12.5. The molecule has 27 heavy (non-hydrogen) atoms. The van der Waals surface area contributed by atoms with Gasteiger partial charge in [0, 0.05) is 6.20 Å². The summed E-state index contributed by atoms with van der Waals surface area (Å²) < 4.78 is 5.70. The lowest BCUT2D eigenvalue weighted by atomic mass is 10.0. The van der Waals surface area contributed by atoms with Crippen LogP contribution in [0.1, 0.15) is 40.4 Å². The van der Waals surface area contributed by atoms with Crippen molar-refractivity contribution in [2.45, 2.75) is 25.4 Å². The van der Waals surface area contributed by atoms with Gasteiger partial charge in [-0.25, -0.2) is 4.79 Å². The number of carbonyl (C=O) groups is 2. The van der Waals surface area contributed by atoms with Crippen LogP contribution >= 0.6 is 0 Å². The molecule has 138 valence electrons. The Kier molecular flexibility index (Phi) is 5.36. The van der Waals surface area contributed by atoms with Crippen LogP contribution in [0.5, 0.6) is 0 Å². The molecule has 2 aromatic rings. The minimum absolute atomic E-state index is 0.0447. The number of aromatic nitrogens is 1. The SMILES string of the molecule is COC(=O)c1cc(C#N)c(=O)n(CC(=O)N[C@H](c2ccccc2)C2CC2)c1. The highest BCUT2D eigenvalue weighted by molar-refractivity contribution is 5.89. The summed E-state index contributed by atoms with van der Waals surface area (Å²) in [5, 5.41) is 12.1. The van der Waals surface area contributed by atoms with Gasteiger partial charge in [-0.1, -0.05) is 30.3 Å². The van der Waals surface area contributed by atoms with Crippen LogP contribution in [0.25, 0.3) is 0 Å². The van der Waals surface area contributed by atoms with E-state index in [1.807, 2.05) is 30.3 Å². The normalized spacial score (nSPS) is 14.1. The minimum Gasteiger partial charge on any atom is -0.465 e. The summed E-state index contributed by atoms with van der Waals surface area (Å²) in [6.45, 7) is -0.283. The largest absolute Gasteiger partial charge is 0.465 e. The fourth-order valence-electron chi connectivity index (χ4n) is 3.00. The van der Waals surface area contributed by atoms with E-state index in [4.69, 9.17) is 5.26 Å². The maximum absolute atomic E-state index is 12.6. The second-order valence-corrected chi connectivity index (χ2v) is 6.47. The highest BCUT2D eigenvalue weighted by Crippen LogP contribution is 2.40. The van der Waals surface area contributed by atoms with E-state index in [0.29, 0.717) is 5.92 Å². The van der Waals surface area contributed by atoms with Gasteiger partial charge in [0.05, 0.1) is 18.7 Å². The van der Waals surface area contributed by atoms with Crippen molar-refractivity contribution >= 4 is 11.9 Å². The molecule has 7 heteroatoms. The molecule has 7 nitrogen and oxygen atoms in total. The zero-order valence-electron chi connectivity index (χ0n) is 14.8. The molecule has 1 aliphatic rings. The monoisotopic (exact) mass is 365 g/mol. The summed E-state index contributed by atoms with van der Waals surface area (Å²) in [5.41, 5.74) is 0.223. The third kappa shape index (κ3) is 4.23. The number of pyridine rings is 1. The molecule has 0 bridgehead atoms. The number of esters is 1. The summed E-state index contributed by atoms with van der Waals surface area (Å²) in [7, 11) is 1.20. The molecule has 1 fully saturated rings. The number of nitrogens with zero attached hydrogens (tertiary/aromatic N) is 2. The molecule has 0 radical (unpaired) electrons. The van der Waals surface area contributed by atoms with E-state index in [1.165, 1.54) is 19.4 Å². The predicted molar refractivity (Wildman–Crippen MR) is 96.8 cm³/mol. The molecule has 0 spiro atoms. The van der Waals surface area contributed by atoms with Gasteiger partial charge in [0.25, 0.3) is 5.56 Å². The second-order valence-electron chi connectivity index (χ2n) is 6.47. The molecule has 1 saturated carbocycles. The van der Waals surface area contributed by atoms with E-state index >= 15 is 0 Å². The highest BCUT2D eigenvalue weighted by Gasteiger charge is 2.33. The van der Waals surface area contributed by atoms with Gasteiger partial charge >= 0.3 is 5.97 Å². The van der Waals surface area contributed by atoms with E-state index < -0.39 is 11.5 Å². The standard InChI is InChI=1S/C20H19N3O4/c1-27-20(26)16-9-15(10-21)19(25)23(11-16)12-17(24)22-18(14-7-8-14)13-5-3-2-4-6-13/h2-6,9,11,14,18H,7-8,12H2,1H3,(H,22,24)/t18-/m1/s1. The molecule has 0 unspecified atom stereocenters. The number of hydrogen-bond donors (Lipinski definition) is 1. The molecule has 0 aliphatic heterocycles. The Hall–Kier alpha value is -3.40. The van der Waals surface area contributed by atoms with Gasteiger partial charge in [-0.15, -0.1) is 0 Å². The average molecular weight is 365 g/mol. The van der Waals surface area contributed by atoms with Crippen molar-refractivity contribution < 1.29 is 14.3 Å². The van der Waals surface area contributed by atoms with Crippen molar-refractivity contribution in [3.05, 3.63) is 69.6 Å². The van der Waals surface area contributed by atoms with Crippen molar-refractivity contribution in [1.82, 2.24) is 9.88 Å². The topological polar surface area (TPSA) is 101 Å². The number of amides is 1. The predicted octanol–water partition coefficient (Wildman–Crippen LogP) is 1.77. The number of carbonyl (C=O) groups excluding carboxylic acids is 2. The van der Waals surface area contributed by atoms with Gasteiger partial charge in [-0.3, -0.25) is 9.59 Å². The second kappa shape index (κ2) is 7.87. The van der Waals surface area contributed by atoms with E-state index in [-0.39, 0.29) is 29.6 Å². The van der Waals surface area contributed by atoms with Gasteiger partial charge in [0.2, 0.25) is 5.91 Å². The van der Waals surface area contributed by atoms with Crippen LogP contribution in [0, 0.1) is 17.2 Å². The molecule has 1 aliphatic carbocycles. The summed E-state index contributed by atoms with van der Waals surface area (Å²) in [4.78, 5) is 36.6. The zero-order valence-corrected chi connectivity index (χ0v) is 14.8. The number of benzene rings is 1. The first kappa shape index (κ1) is 18.4. The molecular formula is C20H19N3O4. The molecule has 1 aromatic heterocycles. The lowest BCUT2D eigenvalue weighted by molar-refractivity contribution is -0.122. The Labute approximate surface area is 156 Å². The van der Waals surface area contributed by atoms with Crippen LogP contribution in [0.3, 0.4) is 0 Å². The number of nitrogens with one attached hydrogen (secondary N) is 1. The molecule has 1 amide bonds. The van der Waals surface area contributed by atoms with Crippen molar-refractivity contribution in [3.63, 3.8) is 0 Å². The van der Waals surface area contributed by atoms with Crippen LogP contribution in [0.15, 0.2) is 47.4 Å². The van der Waals surface area contributed by atoms with E-state index in [0.717, 1.165) is 23.0 Å². The molecular weight excluding hydrogens is 346 g/mol.